The van der Waals surface area contributed by atoms with Crippen LogP contribution in [0.5, 0.6) is 0 Å². The van der Waals surface area contributed by atoms with Crippen LogP contribution >= 0.6 is 0 Å². The highest BCUT2D eigenvalue weighted by atomic mass is 32.2. The van der Waals surface area contributed by atoms with E-state index in [2.05, 4.69) is 16.0 Å². The van der Waals surface area contributed by atoms with E-state index in [9.17, 15) is 18.0 Å². The molecule has 2 unspecified atom stereocenters. The fourth-order valence-electron chi connectivity index (χ4n) is 1.64. The molecular formula is C9H17N3O4S. The smallest absolute Gasteiger partial charge is 0.321 e. The number of hydrogen-bond acceptors (Lipinski definition) is 5. The molecule has 0 spiro atoms. The molecule has 3 amide bonds. The molecule has 17 heavy (non-hydrogen) atoms. The third-order valence-corrected chi connectivity index (χ3v) is 4.34. The first-order valence-corrected chi connectivity index (χ1v) is 7.15. The van der Waals surface area contributed by atoms with E-state index in [1.807, 2.05) is 0 Å². The average molecular weight is 263 g/mol. The summed E-state index contributed by atoms with van der Waals surface area (Å²) in [5.74, 6) is -0.285. The van der Waals surface area contributed by atoms with Crippen LogP contribution in [0.3, 0.4) is 0 Å². The van der Waals surface area contributed by atoms with Crippen molar-refractivity contribution in [1.82, 2.24) is 16.0 Å². The summed E-state index contributed by atoms with van der Waals surface area (Å²) >= 11 is 0. The second-order valence-electron chi connectivity index (χ2n) is 4.06. The molecular weight excluding hydrogens is 246 g/mol. The van der Waals surface area contributed by atoms with Gasteiger partial charge in [-0.3, -0.25) is 10.1 Å². The minimum Gasteiger partial charge on any atom is -0.341 e. The molecule has 0 aliphatic carbocycles. The van der Waals surface area contributed by atoms with E-state index in [1.165, 1.54) is 7.05 Å². The molecule has 2 atom stereocenters. The number of carbonyl (C=O) groups excluding carboxylic acids is 2. The molecule has 0 aromatic heterocycles. The predicted octanol–water partition coefficient (Wildman–Crippen LogP) is -1.39. The molecule has 98 valence electrons. The van der Waals surface area contributed by atoms with E-state index in [-0.39, 0.29) is 17.5 Å². The Bertz CT molecular complexity index is 406. The van der Waals surface area contributed by atoms with E-state index in [0.29, 0.717) is 6.42 Å². The Hall–Kier alpha value is -1.15. The zero-order valence-electron chi connectivity index (χ0n) is 9.82. The Morgan fingerprint density at radius 3 is 2.47 bits per heavy atom. The lowest BCUT2D eigenvalue weighted by Crippen LogP contribution is -2.50. The van der Waals surface area contributed by atoms with Gasteiger partial charge in [0, 0.05) is 13.1 Å². The van der Waals surface area contributed by atoms with Crippen molar-refractivity contribution in [3.8, 4) is 0 Å². The Morgan fingerprint density at radius 2 is 2.00 bits per heavy atom. The van der Waals surface area contributed by atoms with Crippen molar-refractivity contribution < 1.29 is 18.0 Å². The first kappa shape index (κ1) is 13.9. The zero-order chi connectivity index (χ0) is 13.1. The predicted molar refractivity (Wildman–Crippen MR) is 62.3 cm³/mol. The maximum absolute atomic E-state index is 11.5. The lowest BCUT2D eigenvalue weighted by molar-refractivity contribution is -0.121. The van der Waals surface area contributed by atoms with Gasteiger partial charge in [0.05, 0.1) is 17.5 Å². The van der Waals surface area contributed by atoms with Crippen LogP contribution < -0.4 is 16.0 Å². The third kappa shape index (κ3) is 4.31. The van der Waals surface area contributed by atoms with Crippen molar-refractivity contribution in [2.75, 3.05) is 18.6 Å². The number of imide groups is 1. The number of rotatable bonds is 3. The number of hydrogen-bond donors (Lipinski definition) is 3. The van der Waals surface area contributed by atoms with Crippen LogP contribution in [0.1, 0.15) is 13.3 Å². The van der Waals surface area contributed by atoms with Gasteiger partial charge in [-0.2, -0.15) is 0 Å². The van der Waals surface area contributed by atoms with E-state index in [1.54, 1.807) is 6.92 Å². The summed E-state index contributed by atoms with van der Waals surface area (Å²) in [6, 6.07) is -1.40. The van der Waals surface area contributed by atoms with Gasteiger partial charge in [-0.05, 0) is 13.3 Å². The summed E-state index contributed by atoms with van der Waals surface area (Å²) in [4.78, 5) is 22.4. The van der Waals surface area contributed by atoms with E-state index >= 15 is 0 Å². The standard InChI is InChI=1S/C9H17N3O4S/c1-6(8(13)12-9(14)10-2)11-7-3-4-17(15,16)5-7/h6-7,11H,3-5H2,1-2H3,(H2,10,12,13,14). The van der Waals surface area contributed by atoms with Gasteiger partial charge >= 0.3 is 6.03 Å². The summed E-state index contributed by atoms with van der Waals surface area (Å²) in [5.41, 5.74) is 0. The molecule has 0 aromatic rings. The van der Waals surface area contributed by atoms with Crippen LogP contribution in [0.25, 0.3) is 0 Å². The van der Waals surface area contributed by atoms with Gasteiger partial charge in [0.1, 0.15) is 0 Å². The highest BCUT2D eigenvalue weighted by molar-refractivity contribution is 7.91. The van der Waals surface area contributed by atoms with Crippen LogP contribution in [0.15, 0.2) is 0 Å². The summed E-state index contributed by atoms with van der Waals surface area (Å²) < 4.78 is 22.4. The highest BCUT2D eigenvalue weighted by Crippen LogP contribution is 2.11. The summed E-state index contributed by atoms with van der Waals surface area (Å²) in [6.45, 7) is 1.59. The van der Waals surface area contributed by atoms with Crippen molar-refractivity contribution in [3.63, 3.8) is 0 Å². The van der Waals surface area contributed by atoms with Crippen molar-refractivity contribution in [3.05, 3.63) is 0 Å². The molecule has 1 fully saturated rings. The SMILES string of the molecule is CNC(=O)NC(=O)C(C)NC1CCS(=O)(=O)C1. The molecule has 3 N–H and O–H groups in total. The van der Waals surface area contributed by atoms with Gasteiger partial charge < -0.3 is 10.6 Å². The van der Waals surface area contributed by atoms with Crippen LogP contribution in [0, 0.1) is 0 Å². The lowest BCUT2D eigenvalue weighted by atomic mass is 10.2. The first-order chi connectivity index (χ1) is 7.84. The topological polar surface area (TPSA) is 104 Å². The molecule has 0 radical (unpaired) electrons. The van der Waals surface area contributed by atoms with Crippen molar-refractivity contribution >= 4 is 21.8 Å². The average Bonchev–Trinajstić information content (AvgIpc) is 2.57. The van der Waals surface area contributed by atoms with Gasteiger partial charge in [0.25, 0.3) is 0 Å². The number of amides is 3. The zero-order valence-corrected chi connectivity index (χ0v) is 10.6. The van der Waals surface area contributed by atoms with Crippen molar-refractivity contribution in [2.24, 2.45) is 0 Å². The Kier molecular flexibility index (Phi) is 4.47. The van der Waals surface area contributed by atoms with Crippen LogP contribution in [0.2, 0.25) is 0 Å². The van der Waals surface area contributed by atoms with Crippen molar-refractivity contribution in [1.29, 1.82) is 0 Å². The maximum Gasteiger partial charge on any atom is 0.321 e. The lowest BCUT2D eigenvalue weighted by Gasteiger charge is -2.17. The van der Waals surface area contributed by atoms with E-state index in [4.69, 9.17) is 0 Å². The second kappa shape index (κ2) is 5.46. The number of carbonyl (C=O) groups is 2. The molecule has 0 saturated carbocycles. The molecule has 1 rings (SSSR count). The minimum absolute atomic E-state index is 0.0462. The fraction of sp³-hybridized carbons (Fsp3) is 0.778. The van der Waals surface area contributed by atoms with E-state index < -0.39 is 27.8 Å². The molecule has 1 aliphatic heterocycles. The largest absolute Gasteiger partial charge is 0.341 e. The number of sulfone groups is 1. The molecule has 7 nitrogen and oxygen atoms in total. The van der Waals surface area contributed by atoms with Crippen LogP contribution in [-0.2, 0) is 14.6 Å². The minimum atomic E-state index is -2.97. The molecule has 0 aromatic carbocycles. The van der Waals surface area contributed by atoms with Gasteiger partial charge in [0.2, 0.25) is 5.91 Å². The monoisotopic (exact) mass is 263 g/mol. The van der Waals surface area contributed by atoms with Crippen LogP contribution in [-0.4, -0.2) is 51.0 Å². The highest BCUT2D eigenvalue weighted by Gasteiger charge is 2.30. The normalized spacial score (nSPS) is 24.0. The Balaban J connectivity index is 2.42. The summed E-state index contributed by atoms with van der Waals surface area (Å²) in [6.07, 6.45) is 0.500. The van der Waals surface area contributed by atoms with Gasteiger partial charge in [-0.1, -0.05) is 0 Å². The molecule has 1 aliphatic rings. The second-order valence-corrected chi connectivity index (χ2v) is 6.29. The molecule has 1 heterocycles. The maximum atomic E-state index is 11.5. The van der Waals surface area contributed by atoms with E-state index in [0.717, 1.165) is 0 Å². The van der Waals surface area contributed by atoms with Gasteiger partial charge in [0.15, 0.2) is 9.84 Å². The third-order valence-electron chi connectivity index (χ3n) is 2.58. The van der Waals surface area contributed by atoms with Gasteiger partial charge in [-0.15, -0.1) is 0 Å². The first-order valence-electron chi connectivity index (χ1n) is 5.33. The molecule has 1 saturated heterocycles. The Labute approximate surface area is 100 Å². The van der Waals surface area contributed by atoms with Gasteiger partial charge in [-0.25, -0.2) is 13.2 Å². The van der Waals surface area contributed by atoms with Crippen LogP contribution in [0.4, 0.5) is 4.79 Å². The fourth-order valence-corrected chi connectivity index (χ4v) is 3.32. The number of urea groups is 1. The molecule has 0 bridgehead atoms. The quantitative estimate of drug-likeness (QED) is 0.581. The number of nitrogens with one attached hydrogen (secondary N) is 3. The summed E-state index contributed by atoms with van der Waals surface area (Å²) in [5, 5.41) is 7.28. The molecule has 8 heteroatoms. The Morgan fingerprint density at radius 1 is 1.35 bits per heavy atom. The van der Waals surface area contributed by atoms with Crippen molar-refractivity contribution in [2.45, 2.75) is 25.4 Å². The summed E-state index contributed by atoms with van der Waals surface area (Å²) in [7, 11) is -1.56.